The lowest BCUT2D eigenvalue weighted by molar-refractivity contribution is -0.138. The van der Waals surface area contributed by atoms with Crippen LogP contribution in [0.5, 0.6) is 5.88 Å². The minimum atomic E-state index is -1.15. The fourth-order valence-electron chi connectivity index (χ4n) is 5.90. The second kappa shape index (κ2) is 12.9. The number of piperidine rings is 1. The summed E-state index contributed by atoms with van der Waals surface area (Å²) in [6, 6.07) is 9.43. The van der Waals surface area contributed by atoms with Crippen LogP contribution >= 0.6 is 0 Å². The van der Waals surface area contributed by atoms with Crippen molar-refractivity contribution in [1.82, 2.24) is 30.4 Å². The van der Waals surface area contributed by atoms with Gasteiger partial charge in [0.1, 0.15) is 17.8 Å². The van der Waals surface area contributed by atoms with Gasteiger partial charge in [0.2, 0.25) is 11.8 Å². The van der Waals surface area contributed by atoms with Gasteiger partial charge < -0.3 is 35.4 Å². The molecule has 3 heterocycles. The average molecular weight is 597 g/mol. The Labute approximate surface area is 250 Å². The van der Waals surface area contributed by atoms with Gasteiger partial charge in [0.25, 0.3) is 5.91 Å². The molecule has 2 aliphatic rings. The number of carboxylic acids is 1. The van der Waals surface area contributed by atoms with Gasteiger partial charge in [-0.15, -0.1) is 0 Å². The summed E-state index contributed by atoms with van der Waals surface area (Å²) in [5, 5.41) is 24.8. The number of aliphatic carboxylic acids is 1. The number of nitrogens with one attached hydrogen (secondary N) is 2. The molecule has 3 amide bonds. The van der Waals surface area contributed by atoms with E-state index in [9.17, 15) is 29.4 Å². The Hall–Kier alpha value is -4.26. The first-order valence-corrected chi connectivity index (χ1v) is 14.4. The van der Waals surface area contributed by atoms with Crippen LogP contribution in [0.3, 0.4) is 0 Å². The van der Waals surface area contributed by atoms with Crippen molar-refractivity contribution in [3.8, 4) is 17.3 Å². The third-order valence-electron chi connectivity index (χ3n) is 7.52. The second-order valence-corrected chi connectivity index (χ2v) is 12.4. The van der Waals surface area contributed by atoms with E-state index in [1.807, 2.05) is 30.3 Å². The molecule has 0 radical (unpaired) electrons. The summed E-state index contributed by atoms with van der Waals surface area (Å²) >= 11 is 0. The molecule has 232 valence electrons. The Bertz CT molecular complexity index is 1330. The zero-order valence-corrected chi connectivity index (χ0v) is 25.0. The number of amides is 3. The van der Waals surface area contributed by atoms with Crippen LogP contribution in [-0.2, 0) is 9.59 Å². The Kier molecular flexibility index (Phi) is 9.53. The zero-order chi connectivity index (χ0) is 31.4. The first-order chi connectivity index (χ1) is 20.2. The van der Waals surface area contributed by atoms with Gasteiger partial charge >= 0.3 is 12.1 Å². The van der Waals surface area contributed by atoms with Crippen molar-refractivity contribution in [2.45, 2.75) is 76.6 Å². The SMILES string of the molecule is CC1(C)CC(Oc2cc(C(=O)N[C@@H](CCC(=O)O)C(=O)N3CCN(C(=O)O)CC3)nc(-c3ccccc3)n2)CC(C)(C)N1. The van der Waals surface area contributed by atoms with Crippen LogP contribution in [0.1, 0.15) is 63.9 Å². The van der Waals surface area contributed by atoms with Crippen molar-refractivity contribution in [1.29, 1.82) is 0 Å². The lowest BCUT2D eigenvalue weighted by atomic mass is 9.81. The molecule has 2 saturated heterocycles. The maximum Gasteiger partial charge on any atom is 0.407 e. The van der Waals surface area contributed by atoms with E-state index in [0.717, 1.165) is 0 Å². The van der Waals surface area contributed by atoms with Crippen LogP contribution in [0.25, 0.3) is 11.4 Å². The number of piperazine rings is 1. The van der Waals surface area contributed by atoms with Crippen molar-refractivity contribution in [2.24, 2.45) is 0 Å². The van der Waals surface area contributed by atoms with Gasteiger partial charge in [0, 0.05) is 68.1 Å². The molecule has 2 aliphatic heterocycles. The van der Waals surface area contributed by atoms with Gasteiger partial charge in [0.15, 0.2) is 5.82 Å². The zero-order valence-electron chi connectivity index (χ0n) is 25.0. The predicted octanol–water partition coefficient (Wildman–Crippen LogP) is 2.62. The van der Waals surface area contributed by atoms with Gasteiger partial charge in [-0.2, -0.15) is 4.98 Å². The molecule has 13 nitrogen and oxygen atoms in total. The molecule has 4 N–H and O–H groups in total. The van der Waals surface area contributed by atoms with E-state index in [-0.39, 0.29) is 73.6 Å². The minimum absolute atomic E-state index is 0.0277. The van der Waals surface area contributed by atoms with Crippen LogP contribution in [0.2, 0.25) is 0 Å². The number of nitrogens with zero attached hydrogens (tertiary/aromatic N) is 4. The highest BCUT2D eigenvalue weighted by Gasteiger charge is 2.39. The number of carboxylic acid groups (broad SMARTS) is 2. The number of aromatic nitrogens is 2. The maximum absolute atomic E-state index is 13.6. The van der Waals surface area contributed by atoms with Crippen LogP contribution in [0.15, 0.2) is 36.4 Å². The van der Waals surface area contributed by atoms with Crippen LogP contribution in [0.4, 0.5) is 4.79 Å². The molecule has 0 spiro atoms. The third-order valence-corrected chi connectivity index (χ3v) is 7.52. The predicted molar refractivity (Wildman–Crippen MR) is 157 cm³/mol. The maximum atomic E-state index is 13.6. The molecule has 0 unspecified atom stereocenters. The summed E-state index contributed by atoms with van der Waals surface area (Å²) in [6.45, 7) is 8.94. The summed E-state index contributed by atoms with van der Waals surface area (Å²) in [6.07, 6.45) is -0.322. The quantitative estimate of drug-likeness (QED) is 0.337. The summed E-state index contributed by atoms with van der Waals surface area (Å²) < 4.78 is 6.36. The van der Waals surface area contributed by atoms with E-state index in [4.69, 9.17) is 4.74 Å². The van der Waals surface area contributed by atoms with Gasteiger partial charge in [-0.1, -0.05) is 30.3 Å². The highest BCUT2D eigenvalue weighted by Crippen LogP contribution is 2.31. The fraction of sp³-hybridized carbons (Fsp3) is 0.533. The van der Waals surface area contributed by atoms with Crippen LogP contribution in [-0.4, -0.2) is 103 Å². The van der Waals surface area contributed by atoms with Crippen molar-refractivity contribution < 1.29 is 34.1 Å². The minimum Gasteiger partial charge on any atom is -0.481 e. The van der Waals surface area contributed by atoms with Gasteiger partial charge in [-0.25, -0.2) is 9.78 Å². The topological polar surface area (TPSA) is 174 Å². The number of carbonyl (C=O) groups excluding carboxylic acids is 2. The third kappa shape index (κ3) is 8.63. The lowest BCUT2D eigenvalue weighted by Crippen LogP contribution is -2.60. The number of hydrogen-bond donors (Lipinski definition) is 4. The first-order valence-electron chi connectivity index (χ1n) is 14.4. The fourth-order valence-corrected chi connectivity index (χ4v) is 5.90. The van der Waals surface area contributed by atoms with E-state index in [0.29, 0.717) is 18.4 Å². The number of benzene rings is 1. The number of rotatable bonds is 9. The van der Waals surface area contributed by atoms with Crippen LogP contribution in [0, 0.1) is 0 Å². The van der Waals surface area contributed by atoms with E-state index in [1.165, 1.54) is 15.9 Å². The number of ether oxygens (including phenoxy) is 1. The van der Waals surface area contributed by atoms with Crippen molar-refractivity contribution in [3.63, 3.8) is 0 Å². The van der Waals surface area contributed by atoms with E-state index in [2.05, 4.69) is 48.3 Å². The highest BCUT2D eigenvalue weighted by molar-refractivity contribution is 5.96. The average Bonchev–Trinajstić information content (AvgIpc) is 2.93. The van der Waals surface area contributed by atoms with Gasteiger partial charge in [0.05, 0.1) is 0 Å². The van der Waals surface area contributed by atoms with Crippen molar-refractivity contribution >= 4 is 23.9 Å². The molecule has 1 aromatic heterocycles. The normalized spacial score (nSPS) is 18.9. The Morgan fingerprint density at radius 1 is 0.977 bits per heavy atom. The lowest BCUT2D eigenvalue weighted by Gasteiger charge is -2.46. The first kappa shape index (κ1) is 31.7. The molecule has 0 aliphatic carbocycles. The molecule has 4 rings (SSSR count). The molecule has 1 atom stereocenters. The standard InChI is InChI=1S/C30H40N6O7/c1-29(2)17-20(18-30(3,4)34-29)43-23-16-22(31-25(33-23)19-8-6-5-7-9-19)26(39)32-21(10-11-24(37)38)27(40)35-12-14-36(15-13-35)28(41)42/h5-9,16,20-21,34H,10-15,17-18H2,1-4H3,(H,32,39)(H,37,38)(H,41,42)/t21-/m0/s1. The molecule has 2 fully saturated rings. The molecule has 0 bridgehead atoms. The molecule has 0 saturated carbocycles. The highest BCUT2D eigenvalue weighted by atomic mass is 16.5. The summed E-state index contributed by atoms with van der Waals surface area (Å²) in [5.74, 6) is -1.78. The number of hydrogen-bond acceptors (Lipinski definition) is 8. The van der Waals surface area contributed by atoms with Gasteiger partial charge in [-0.3, -0.25) is 14.4 Å². The van der Waals surface area contributed by atoms with Crippen molar-refractivity contribution in [3.05, 3.63) is 42.1 Å². The monoisotopic (exact) mass is 596 g/mol. The van der Waals surface area contributed by atoms with E-state index in [1.54, 1.807) is 0 Å². The molecular formula is C30H40N6O7. The largest absolute Gasteiger partial charge is 0.481 e. The smallest absolute Gasteiger partial charge is 0.407 e. The van der Waals surface area contributed by atoms with Crippen molar-refractivity contribution in [2.75, 3.05) is 26.2 Å². The molecule has 2 aromatic rings. The van der Waals surface area contributed by atoms with E-state index >= 15 is 0 Å². The summed E-state index contributed by atoms with van der Waals surface area (Å²) in [7, 11) is 0. The van der Waals surface area contributed by atoms with Gasteiger partial charge in [-0.05, 0) is 34.1 Å². The summed E-state index contributed by atoms with van der Waals surface area (Å²) in [4.78, 5) is 61.3. The Morgan fingerprint density at radius 2 is 1.58 bits per heavy atom. The molecule has 1 aromatic carbocycles. The molecular weight excluding hydrogens is 556 g/mol. The Balaban J connectivity index is 1.59. The van der Waals surface area contributed by atoms with Crippen LogP contribution < -0.4 is 15.4 Å². The molecule has 43 heavy (non-hydrogen) atoms. The summed E-state index contributed by atoms with van der Waals surface area (Å²) in [5.41, 5.74) is 0.272. The second-order valence-electron chi connectivity index (χ2n) is 12.4. The Morgan fingerprint density at radius 3 is 2.16 bits per heavy atom. The molecule has 13 heteroatoms. The number of carbonyl (C=O) groups is 4. The van der Waals surface area contributed by atoms with E-state index < -0.39 is 29.9 Å².